The molecule has 14 heavy (non-hydrogen) atoms. The Morgan fingerprint density at radius 3 is 3.14 bits per heavy atom. The minimum Gasteiger partial charge on any atom is -0.245 e. The van der Waals surface area contributed by atoms with Gasteiger partial charge < -0.3 is 0 Å². The van der Waals surface area contributed by atoms with Crippen LogP contribution in [0.25, 0.3) is 0 Å². The van der Waals surface area contributed by atoms with Crippen molar-refractivity contribution in [2.24, 2.45) is 0 Å². The molecule has 0 fully saturated rings. The summed E-state index contributed by atoms with van der Waals surface area (Å²) in [5.41, 5.74) is 0.466. The van der Waals surface area contributed by atoms with E-state index in [1.807, 2.05) is 12.1 Å². The summed E-state index contributed by atoms with van der Waals surface area (Å²) in [6.07, 6.45) is 2.63. The van der Waals surface area contributed by atoms with Gasteiger partial charge in [0.15, 0.2) is 0 Å². The van der Waals surface area contributed by atoms with E-state index in [-0.39, 0.29) is 0 Å². The first kappa shape index (κ1) is 11.4. The zero-order chi connectivity index (χ0) is 10.4. The monoisotopic (exact) mass is 226 g/mol. The third kappa shape index (κ3) is 3.57. The van der Waals surface area contributed by atoms with Gasteiger partial charge in [-0.15, -0.1) is 23.4 Å². The fourth-order valence-electron chi connectivity index (χ4n) is 0.990. The van der Waals surface area contributed by atoms with Crippen LogP contribution in [0, 0.1) is 11.3 Å². The van der Waals surface area contributed by atoms with Crippen LogP contribution in [0.4, 0.5) is 0 Å². The van der Waals surface area contributed by atoms with E-state index in [0.717, 1.165) is 11.3 Å². The third-order valence-electron chi connectivity index (χ3n) is 1.70. The molecule has 4 heteroatoms. The van der Waals surface area contributed by atoms with Crippen molar-refractivity contribution in [3.63, 3.8) is 0 Å². The SMILES string of the molecule is CC(CCCl)Sc1ccnc(C#N)c1. The van der Waals surface area contributed by atoms with Gasteiger partial charge in [-0.2, -0.15) is 5.26 Å². The fourth-order valence-corrected chi connectivity index (χ4v) is 2.47. The van der Waals surface area contributed by atoms with Crippen molar-refractivity contribution in [1.29, 1.82) is 5.26 Å². The third-order valence-corrected chi connectivity index (χ3v) is 3.08. The molecule has 2 nitrogen and oxygen atoms in total. The van der Waals surface area contributed by atoms with Gasteiger partial charge >= 0.3 is 0 Å². The second-order valence-electron chi connectivity index (χ2n) is 2.89. The zero-order valence-electron chi connectivity index (χ0n) is 7.90. The second kappa shape index (κ2) is 5.90. The van der Waals surface area contributed by atoms with E-state index in [1.54, 1.807) is 24.0 Å². The topological polar surface area (TPSA) is 36.7 Å². The minimum absolute atomic E-state index is 0.466. The van der Waals surface area contributed by atoms with Gasteiger partial charge in [-0.3, -0.25) is 0 Å². The lowest BCUT2D eigenvalue weighted by Gasteiger charge is -2.08. The number of alkyl halides is 1. The molecule has 0 amide bonds. The van der Waals surface area contributed by atoms with Crippen LogP contribution in [0.3, 0.4) is 0 Å². The average Bonchev–Trinajstić information content (AvgIpc) is 2.18. The first-order chi connectivity index (χ1) is 6.76. The van der Waals surface area contributed by atoms with Gasteiger partial charge in [-0.25, -0.2) is 4.98 Å². The smallest absolute Gasteiger partial charge is 0.141 e. The normalized spacial score (nSPS) is 12.1. The van der Waals surface area contributed by atoms with Gasteiger partial charge in [0.05, 0.1) is 0 Å². The van der Waals surface area contributed by atoms with Gasteiger partial charge in [0.25, 0.3) is 0 Å². The first-order valence-corrected chi connectivity index (χ1v) is 5.76. The summed E-state index contributed by atoms with van der Waals surface area (Å²) in [5, 5.41) is 9.13. The van der Waals surface area contributed by atoms with E-state index >= 15 is 0 Å². The molecule has 0 aromatic carbocycles. The number of rotatable bonds is 4. The van der Waals surface area contributed by atoms with Gasteiger partial charge in [-0.05, 0) is 18.6 Å². The number of nitriles is 1. The number of halogens is 1. The molecular weight excluding hydrogens is 216 g/mol. The molecule has 1 heterocycles. The van der Waals surface area contributed by atoms with Crippen molar-refractivity contribution in [2.45, 2.75) is 23.5 Å². The molecular formula is C10H11ClN2S. The number of hydrogen-bond acceptors (Lipinski definition) is 3. The fraction of sp³-hybridized carbons (Fsp3) is 0.400. The molecule has 0 spiro atoms. The standard InChI is InChI=1S/C10H11ClN2S/c1-8(2-4-11)14-10-3-5-13-9(6-10)7-12/h3,5-6,8H,2,4H2,1H3. The van der Waals surface area contributed by atoms with E-state index in [9.17, 15) is 0 Å². The quantitative estimate of drug-likeness (QED) is 0.585. The Labute approximate surface area is 93.3 Å². The predicted octanol–water partition coefficient (Wildman–Crippen LogP) is 3.06. The van der Waals surface area contributed by atoms with E-state index in [2.05, 4.69) is 11.9 Å². The average molecular weight is 227 g/mol. The lowest BCUT2D eigenvalue weighted by atomic mass is 10.4. The molecule has 1 unspecified atom stereocenters. The predicted molar refractivity (Wildman–Crippen MR) is 59.6 cm³/mol. The highest BCUT2D eigenvalue weighted by Crippen LogP contribution is 2.25. The first-order valence-electron chi connectivity index (χ1n) is 4.35. The van der Waals surface area contributed by atoms with Gasteiger partial charge in [-0.1, -0.05) is 6.92 Å². The lowest BCUT2D eigenvalue weighted by molar-refractivity contribution is 0.912. The summed E-state index contributed by atoms with van der Waals surface area (Å²) in [6, 6.07) is 5.74. The maximum atomic E-state index is 8.66. The van der Waals surface area contributed by atoms with E-state index < -0.39 is 0 Å². The van der Waals surface area contributed by atoms with Crippen LogP contribution in [0.2, 0.25) is 0 Å². The van der Waals surface area contributed by atoms with Crippen LogP contribution >= 0.6 is 23.4 Å². The Kier molecular flexibility index (Phi) is 4.78. The van der Waals surface area contributed by atoms with Gasteiger partial charge in [0.2, 0.25) is 0 Å². The van der Waals surface area contributed by atoms with Crippen molar-refractivity contribution >= 4 is 23.4 Å². The highest BCUT2D eigenvalue weighted by molar-refractivity contribution is 7.99. The summed E-state index contributed by atoms with van der Waals surface area (Å²) >= 11 is 7.37. The molecule has 0 saturated carbocycles. The molecule has 1 rings (SSSR count). The highest BCUT2D eigenvalue weighted by atomic mass is 35.5. The molecule has 0 saturated heterocycles. The maximum Gasteiger partial charge on any atom is 0.141 e. The Hall–Kier alpha value is -0.720. The molecule has 0 N–H and O–H groups in total. The molecule has 1 aromatic rings. The van der Waals surface area contributed by atoms with Crippen molar-refractivity contribution in [1.82, 2.24) is 4.98 Å². The summed E-state index contributed by atoms with van der Waals surface area (Å²) in [4.78, 5) is 4.99. The lowest BCUT2D eigenvalue weighted by Crippen LogP contribution is -1.96. The Balaban J connectivity index is 2.63. The van der Waals surface area contributed by atoms with Crippen LogP contribution in [-0.4, -0.2) is 16.1 Å². The molecule has 0 aliphatic rings. The summed E-state index contributed by atoms with van der Waals surface area (Å²) < 4.78 is 0. The van der Waals surface area contributed by atoms with Crippen LogP contribution in [0.15, 0.2) is 23.2 Å². The molecule has 1 aromatic heterocycles. The van der Waals surface area contributed by atoms with Gasteiger partial charge in [0.1, 0.15) is 11.8 Å². The highest BCUT2D eigenvalue weighted by Gasteiger charge is 2.04. The van der Waals surface area contributed by atoms with Crippen LogP contribution in [-0.2, 0) is 0 Å². The molecule has 0 aliphatic heterocycles. The largest absolute Gasteiger partial charge is 0.245 e. The molecule has 1 atom stereocenters. The van der Waals surface area contributed by atoms with Crippen molar-refractivity contribution in [3.05, 3.63) is 24.0 Å². The zero-order valence-corrected chi connectivity index (χ0v) is 9.48. The van der Waals surface area contributed by atoms with Crippen molar-refractivity contribution < 1.29 is 0 Å². The molecule has 0 radical (unpaired) electrons. The van der Waals surface area contributed by atoms with Gasteiger partial charge in [0, 0.05) is 22.2 Å². The number of pyridine rings is 1. The molecule has 0 aliphatic carbocycles. The number of nitrogens with zero attached hydrogens (tertiary/aromatic N) is 2. The summed E-state index contributed by atoms with van der Waals surface area (Å²) in [6.45, 7) is 2.12. The van der Waals surface area contributed by atoms with Crippen LogP contribution < -0.4 is 0 Å². The Bertz CT molecular complexity index is 335. The van der Waals surface area contributed by atoms with Crippen LogP contribution in [0.5, 0.6) is 0 Å². The number of aromatic nitrogens is 1. The summed E-state index contributed by atoms with van der Waals surface area (Å²) in [5.74, 6) is 0.671. The maximum absolute atomic E-state index is 8.66. The minimum atomic E-state index is 0.466. The summed E-state index contributed by atoms with van der Waals surface area (Å²) in [7, 11) is 0. The number of hydrogen-bond donors (Lipinski definition) is 0. The molecule has 74 valence electrons. The van der Waals surface area contributed by atoms with E-state index in [1.165, 1.54) is 0 Å². The van der Waals surface area contributed by atoms with Crippen molar-refractivity contribution in [2.75, 3.05) is 5.88 Å². The van der Waals surface area contributed by atoms with Crippen molar-refractivity contribution in [3.8, 4) is 6.07 Å². The van der Waals surface area contributed by atoms with E-state index in [4.69, 9.17) is 16.9 Å². The Morgan fingerprint density at radius 2 is 2.50 bits per heavy atom. The Morgan fingerprint density at radius 1 is 1.71 bits per heavy atom. The van der Waals surface area contributed by atoms with E-state index in [0.29, 0.717) is 16.8 Å². The second-order valence-corrected chi connectivity index (χ2v) is 4.78. The number of thioether (sulfide) groups is 1. The molecule has 0 bridgehead atoms. The van der Waals surface area contributed by atoms with Crippen LogP contribution in [0.1, 0.15) is 19.0 Å².